The van der Waals surface area contributed by atoms with Gasteiger partial charge in [-0.25, -0.2) is 13.2 Å². The van der Waals surface area contributed by atoms with E-state index in [1.165, 1.54) is 18.2 Å². The Balaban J connectivity index is 1.81. The second-order valence-corrected chi connectivity index (χ2v) is 7.46. The second-order valence-electron chi connectivity index (χ2n) is 7.46. The molecule has 0 radical (unpaired) electrons. The molecule has 154 valence electrons. The monoisotopic (exact) mass is 404 g/mol. The van der Waals surface area contributed by atoms with Crippen LogP contribution in [0.1, 0.15) is 41.5 Å². The Morgan fingerprint density at radius 1 is 1.14 bits per heavy atom. The van der Waals surface area contributed by atoms with E-state index in [0.29, 0.717) is 28.9 Å². The highest BCUT2D eigenvalue weighted by Crippen LogP contribution is 2.44. The van der Waals surface area contributed by atoms with Gasteiger partial charge in [0.25, 0.3) is 5.92 Å². The third-order valence-electron chi connectivity index (χ3n) is 5.37. The molecular formula is C23H23F3O3. The molecule has 6 heteroatoms. The molecule has 2 aromatic rings. The van der Waals surface area contributed by atoms with Crippen LogP contribution in [0, 0.1) is 19.7 Å². The molecule has 0 spiro atoms. The lowest BCUT2D eigenvalue weighted by atomic mass is 9.99. The number of halogens is 3. The minimum atomic E-state index is -2.87. The number of alkyl halides is 2. The van der Waals surface area contributed by atoms with E-state index in [-0.39, 0.29) is 13.0 Å². The van der Waals surface area contributed by atoms with Crippen LogP contribution in [0.5, 0.6) is 5.75 Å². The molecule has 3 nitrogen and oxygen atoms in total. The maximum Gasteiger partial charge on any atom is 0.303 e. The van der Waals surface area contributed by atoms with E-state index < -0.39 is 30.6 Å². The molecule has 3 rings (SSSR count). The van der Waals surface area contributed by atoms with Crippen LogP contribution in [0.2, 0.25) is 0 Å². The molecule has 0 bridgehead atoms. The zero-order valence-electron chi connectivity index (χ0n) is 16.4. The number of hydrogen-bond donors (Lipinski definition) is 1. The van der Waals surface area contributed by atoms with Crippen molar-refractivity contribution in [2.75, 3.05) is 6.61 Å². The van der Waals surface area contributed by atoms with Gasteiger partial charge in [0.2, 0.25) is 0 Å². The van der Waals surface area contributed by atoms with E-state index in [4.69, 9.17) is 9.84 Å². The molecule has 0 atom stereocenters. The Hall–Kier alpha value is -2.76. The van der Waals surface area contributed by atoms with Crippen molar-refractivity contribution >= 4 is 11.5 Å². The van der Waals surface area contributed by atoms with Crippen molar-refractivity contribution < 1.29 is 27.8 Å². The first-order chi connectivity index (χ1) is 13.7. The standard InChI is InChI=1S/C23H23F3O3/c1-14-15(2)21(8-6-16(14)7-9-22(27)28)29-13-18-11-23(25,26)12-20(18)17-4-3-5-19(24)10-17/h3-6,8,10H,7,9,11-13H2,1-2H3,(H,27,28). The minimum Gasteiger partial charge on any atom is -0.489 e. The van der Waals surface area contributed by atoms with Crippen LogP contribution in [-0.4, -0.2) is 23.6 Å². The molecule has 2 aromatic carbocycles. The fourth-order valence-electron chi connectivity index (χ4n) is 3.67. The summed E-state index contributed by atoms with van der Waals surface area (Å²) in [6, 6.07) is 9.25. The van der Waals surface area contributed by atoms with Crippen molar-refractivity contribution in [1.82, 2.24) is 0 Å². The molecular weight excluding hydrogens is 381 g/mol. The van der Waals surface area contributed by atoms with Crippen LogP contribution in [0.4, 0.5) is 13.2 Å². The van der Waals surface area contributed by atoms with E-state index in [0.717, 1.165) is 16.7 Å². The fraction of sp³-hybridized carbons (Fsp3) is 0.348. The first-order valence-electron chi connectivity index (χ1n) is 9.44. The summed E-state index contributed by atoms with van der Waals surface area (Å²) in [7, 11) is 0. The summed E-state index contributed by atoms with van der Waals surface area (Å²) in [4.78, 5) is 10.8. The zero-order valence-corrected chi connectivity index (χ0v) is 16.4. The van der Waals surface area contributed by atoms with E-state index in [9.17, 15) is 18.0 Å². The molecule has 0 saturated heterocycles. The number of benzene rings is 2. The summed E-state index contributed by atoms with van der Waals surface area (Å²) in [5, 5.41) is 8.86. The summed E-state index contributed by atoms with van der Waals surface area (Å²) in [6.45, 7) is 3.75. The van der Waals surface area contributed by atoms with E-state index in [1.807, 2.05) is 19.9 Å². The quantitative estimate of drug-likeness (QED) is 0.642. The van der Waals surface area contributed by atoms with E-state index in [2.05, 4.69) is 0 Å². The van der Waals surface area contributed by atoms with E-state index in [1.54, 1.807) is 12.1 Å². The third-order valence-corrected chi connectivity index (χ3v) is 5.37. The van der Waals surface area contributed by atoms with Gasteiger partial charge in [0, 0.05) is 19.3 Å². The molecule has 1 aliphatic carbocycles. The molecule has 1 aliphatic rings. The van der Waals surface area contributed by atoms with Gasteiger partial charge in [-0.05, 0) is 71.9 Å². The molecule has 0 saturated carbocycles. The van der Waals surface area contributed by atoms with Crippen LogP contribution in [-0.2, 0) is 11.2 Å². The molecule has 0 aromatic heterocycles. The number of carboxylic acid groups (broad SMARTS) is 1. The number of hydrogen-bond acceptors (Lipinski definition) is 2. The highest BCUT2D eigenvalue weighted by atomic mass is 19.3. The molecule has 0 fully saturated rings. The van der Waals surface area contributed by atoms with Crippen molar-refractivity contribution in [1.29, 1.82) is 0 Å². The predicted molar refractivity (Wildman–Crippen MR) is 105 cm³/mol. The highest BCUT2D eigenvalue weighted by Gasteiger charge is 2.39. The second kappa shape index (κ2) is 8.31. The van der Waals surface area contributed by atoms with Crippen molar-refractivity contribution in [2.45, 2.75) is 45.5 Å². The average Bonchev–Trinajstić information content (AvgIpc) is 2.96. The largest absolute Gasteiger partial charge is 0.489 e. The lowest BCUT2D eigenvalue weighted by Crippen LogP contribution is -2.12. The number of rotatable bonds is 7. The Bertz CT molecular complexity index is 964. The summed E-state index contributed by atoms with van der Waals surface area (Å²) in [5.41, 5.74) is 4.06. The number of carbonyl (C=O) groups is 1. The Morgan fingerprint density at radius 2 is 1.90 bits per heavy atom. The van der Waals surface area contributed by atoms with E-state index >= 15 is 0 Å². The van der Waals surface area contributed by atoms with Gasteiger partial charge >= 0.3 is 5.97 Å². The number of carboxylic acids is 1. The van der Waals surface area contributed by atoms with Gasteiger partial charge in [0.1, 0.15) is 18.2 Å². The smallest absolute Gasteiger partial charge is 0.303 e. The predicted octanol–water partition coefficient (Wildman–Crippen LogP) is 5.72. The lowest BCUT2D eigenvalue weighted by Gasteiger charge is -2.15. The van der Waals surface area contributed by atoms with Gasteiger partial charge in [-0.15, -0.1) is 0 Å². The Labute approximate surface area is 167 Å². The number of ether oxygens (including phenoxy) is 1. The lowest BCUT2D eigenvalue weighted by molar-refractivity contribution is -0.136. The van der Waals surface area contributed by atoms with Gasteiger partial charge in [0.05, 0.1) is 0 Å². The maximum atomic E-state index is 14.1. The first kappa shape index (κ1) is 21.0. The zero-order chi connectivity index (χ0) is 21.2. The van der Waals surface area contributed by atoms with Crippen LogP contribution < -0.4 is 4.74 Å². The van der Waals surface area contributed by atoms with Crippen LogP contribution in [0.15, 0.2) is 42.0 Å². The summed E-state index contributed by atoms with van der Waals surface area (Å²) in [6.07, 6.45) is -0.377. The molecule has 0 unspecified atom stereocenters. The van der Waals surface area contributed by atoms with Gasteiger partial charge in [-0.3, -0.25) is 4.79 Å². The average molecular weight is 404 g/mol. The summed E-state index contributed by atoms with van der Waals surface area (Å²) < 4.78 is 47.5. The summed E-state index contributed by atoms with van der Waals surface area (Å²) >= 11 is 0. The van der Waals surface area contributed by atoms with Crippen LogP contribution in [0.3, 0.4) is 0 Å². The molecule has 0 amide bonds. The van der Waals surface area contributed by atoms with Gasteiger partial charge in [-0.1, -0.05) is 18.2 Å². The molecule has 0 heterocycles. The minimum absolute atomic E-state index is 0.00378. The van der Waals surface area contributed by atoms with Crippen molar-refractivity contribution in [2.24, 2.45) is 0 Å². The topological polar surface area (TPSA) is 46.5 Å². The van der Waals surface area contributed by atoms with Crippen LogP contribution >= 0.6 is 0 Å². The highest BCUT2D eigenvalue weighted by molar-refractivity contribution is 5.72. The SMILES string of the molecule is Cc1c(CCC(=O)O)ccc(OCC2=C(c3cccc(F)c3)CC(F)(F)C2)c1C. The van der Waals surface area contributed by atoms with Crippen molar-refractivity contribution in [3.8, 4) is 5.75 Å². The molecule has 29 heavy (non-hydrogen) atoms. The molecule has 0 aliphatic heterocycles. The Morgan fingerprint density at radius 3 is 2.59 bits per heavy atom. The van der Waals surface area contributed by atoms with Gasteiger partial charge < -0.3 is 9.84 Å². The van der Waals surface area contributed by atoms with Crippen molar-refractivity contribution in [3.05, 3.63) is 70.0 Å². The summed E-state index contributed by atoms with van der Waals surface area (Å²) in [5.74, 6) is -3.62. The van der Waals surface area contributed by atoms with Crippen molar-refractivity contribution in [3.63, 3.8) is 0 Å². The number of allylic oxidation sites excluding steroid dienone is 1. The Kier molecular flexibility index (Phi) is 6.01. The number of aryl methyl sites for hydroxylation is 1. The number of aliphatic carboxylic acids is 1. The fourth-order valence-corrected chi connectivity index (χ4v) is 3.67. The first-order valence-corrected chi connectivity index (χ1v) is 9.44. The maximum absolute atomic E-state index is 14.1. The van der Waals surface area contributed by atoms with Crippen LogP contribution in [0.25, 0.3) is 5.57 Å². The molecule has 1 N–H and O–H groups in total. The van der Waals surface area contributed by atoms with Gasteiger partial charge in [-0.2, -0.15) is 0 Å². The normalized spacial score (nSPS) is 15.6. The van der Waals surface area contributed by atoms with Gasteiger partial charge in [0.15, 0.2) is 0 Å². The third kappa shape index (κ3) is 5.00.